The van der Waals surface area contributed by atoms with E-state index in [0.717, 1.165) is 5.56 Å². The molecule has 0 aromatic heterocycles. The van der Waals surface area contributed by atoms with Crippen molar-refractivity contribution in [1.29, 1.82) is 0 Å². The summed E-state index contributed by atoms with van der Waals surface area (Å²) in [5.41, 5.74) is 2.52. The third-order valence-corrected chi connectivity index (χ3v) is 2.48. The predicted octanol–water partition coefficient (Wildman–Crippen LogP) is 4.15. The van der Waals surface area contributed by atoms with Gasteiger partial charge in [-0.05, 0) is 30.0 Å². The molecular weight excluding hydrogens is 168 g/mol. The summed E-state index contributed by atoms with van der Waals surface area (Å²) in [5.74, 6) is 0. The van der Waals surface area contributed by atoms with Crippen LogP contribution in [-0.2, 0) is 6.42 Å². The molecule has 75 valence electrons. The van der Waals surface area contributed by atoms with Crippen LogP contribution in [0, 0.1) is 6.08 Å². The molecule has 0 N–H and O–H groups in total. The van der Waals surface area contributed by atoms with Crippen molar-refractivity contribution in [2.45, 2.75) is 39.0 Å². The zero-order valence-corrected chi connectivity index (χ0v) is 9.05. The molecule has 0 atom stereocenters. The van der Waals surface area contributed by atoms with Crippen molar-refractivity contribution in [2.75, 3.05) is 0 Å². The summed E-state index contributed by atoms with van der Waals surface area (Å²) in [5, 5.41) is 0. The van der Waals surface area contributed by atoms with Crippen molar-refractivity contribution >= 4 is 0 Å². The maximum atomic E-state index is 3.62. The number of unbranched alkanes of at least 4 members (excludes halogenated alkanes) is 3. The highest BCUT2D eigenvalue weighted by molar-refractivity contribution is 5.26. The fourth-order valence-electron chi connectivity index (χ4n) is 1.55. The van der Waals surface area contributed by atoms with E-state index in [0.29, 0.717) is 0 Å². The van der Waals surface area contributed by atoms with Gasteiger partial charge in [-0.3, -0.25) is 0 Å². The van der Waals surface area contributed by atoms with Crippen LogP contribution >= 0.6 is 0 Å². The SMILES string of the molecule is C=[C]c1ccc(CCCCCC)cc1. The van der Waals surface area contributed by atoms with Crippen molar-refractivity contribution in [3.8, 4) is 0 Å². The molecule has 0 saturated heterocycles. The van der Waals surface area contributed by atoms with E-state index in [1.54, 1.807) is 0 Å². The van der Waals surface area contributed by atoms with E-state index in [9.17, 15) is 0 Å². The quantitative estimate of drug-likeness (QED) is 0.587. The number of rotatable bonds is 6. The highest BCUT2D eigenvalue weighted by Crippen LogP contribution is 2.09. The lowest BCUT2D eigenvalue weighted by Gasteiger charge is -2.01. The molecule has 0 saturated carbocycles. The molecule has 0 amide bonds. The summed E-state index contributed by atoms with van der Waals surface area (Å²) >= 11 is 0. The Hall–Kier alpha value is -1.04. The van der Waals surface area contributed by atoms with Crippen LogP contribution in [0.5, 0.6) is 0 Å². The van der Waals surface area contributed by atoms with Gasteiger partial charge in [-0.1, -0.05) is 57.0 Å². The van der Waals surface area contributed by atoms with Crippen LogP contribution in [0.3, 0.4) is 0 Å². The fourth-order valence-corrected chi connectivity index (χ4v) is 1.55. The largest absolute Gasteiger partial charge is 0.0906 e. The zero-order chi connectivity index (χ0) is 10.2. The van der Waals surface area contributed by atoms with Crippen LogP contribution in [0.2, 0.25) is 0 Å². The summed E-state index contributed by atoms with van der Waals surface area (Å²) in [6.07, 6.45) is 9.42. The zero-order valence-electron chi connectivity index (χ0n) is 9.05. The lowest BCUT2D eigenvalue weighted by molar-refractivity contribution is 0.667. The second kappa shape index (κ2) is 6.42. The second-order valence-corrected chi connectivity index (χ2v) is 3.68. The highest BCUT2D eigenvalue weighted by Gasteiger charge is 1.93. The van der Waals surface area contributed by atoms with E-state index in [1.165, 1.54) is 37.7 Å². The van der Waals surface area contributed by atoms with E-state index >= 15 is 0 Å². The summed E-state index contributed by atoms with van der Waals surface area (Å²) in [6.45, 7) is 5.87. The monoisotopic (exact) mass is 187 g/mol. The molecule has 0 spiro atoms. The van der Waals surface area contributed by atoms with Gasteiger partial charge in [0.05, 0.1) is 0 Å². The topological polar surface area (TPSA) is 0 Å². The number of hydrogen-bond acceptors (Lipinski definition) is 0. The molecule has 1 rings (SSSR count). The van der Waals surface area contributed by atoms with Crippen LogP contribution in [-0.4, -0.2) is 0 Å². The third-order valence-electron chi connectivity index (χ3n) is 2.48. The van der Waals surface area contributed by atoms with Gasteiger partial charge >= 0.3 is 0 Å². The Morgan fingerprint density at radius 2 is 1.79 bits per heavy atom. The predicted molar refractivity (Wildman–Crippen MR) is 62.3 cm³/mol. The molecule has 0 unspecified atom stereocenters. The normalized spacial score (nSPS) is 10.1. The van der Waals surface area contributed by atoms with Gasteiger partial charge in [0.25, 0.3) is 0 Å². The summed E-state index contributed by atoms with van der Waals surface area (Å²) in [4.78, 5) is 0. The van der Waals surface area contributed by atoms with E-state index in [2.05, 4.69) is 43.8 Å². The van der Waals surface area contributed by atoms with Gasteiger partial charge in [-0.25, -0.2) is 0 Å². The lowest BCUT2D eigenvalue weighted by Crippen LogP contribution is -1.85. The molecule has 0 heteroatoms. The summed E-state index contributed by atoms with van der Waals surface area (Å²) < 4.78 is 0. The molecule has 0 fully saturated rings. The number of benzene rings is 1. The molecule has 0 aliphatic heterocycles. The first-order valence-corrected chi connectivity index (χ1v) is 5.49. The molecule has 1 aromatic rings. The Morgan fingerprint density at radius 1 is 1.07 bits per heavy atom. The van der Waals surface area contributed by atoms with Crippen LogP contribution in [0.4, 0.5) is 0 Å². The van der Waals surface area contributed by atoms with E-state index in [-0.39, 0.29) is 0 Å². The Labute approximate surface area is 87.7 Å². The average molecular weight is 187 g/mol. The third kappa shape index (κ3) is 3.78. The Bertz CT molecular complexity index is 256. The molecule has 1 radical (unpaired) electrons. The smallest absolute Gasteiger partial charge is 0.0183 e. The van der Waals surface area contributed by atoms with Crippen LogP contribution in [0.1, 0.15) is 43.7 Å². The molecule has 1 aromatic carbocycles. The first-order chi connectivity index (χ1) is 6.86. The molecular formula is C14H19. The minimum Gasteiger partial charge on any atom is -0.0906 e. The minimum absolute atomic E-state index is 1.09. The van der Waals surface area contributed by atoms with Crippen LogP contribution in [0.15, 0.2) is 30.8 Å². The van der Waals surface area contributed by atoms with Gasteiger partial charge in [0.1, 0.15) is 0 Å². The van der Waals surface area contributed by atoms with Gasteiger partial charge in [0, 0.05) is 0 Å². The lowest BCUT2D eigenvalue weighted by atomic mass is 10.0. The van der Waals surface area contributed by atoms with Crippen molar-refractivity contribution < 1.29 is 0 Å². The highest BCUT2D eigenvalue weighted by atomic mass is 14.0. The van der Waals surface area contributed by atoms with Crippen molar-refractivity contribution in [2.24, 2.45) is 0 Å². The maximum absolute atomic E-state index is 3.62. The van der Waals surface area contributed by atoms with Crippen molar-refractivity contribution in [1.82, 2.24) is 0 Å². The summed E-state index contributed by atoms with van der Waals surface area (Å²) in [6, 6.07) is 8.53. The first kappa shape index (κ1) is 11.0. The van der Waals surface area contributed by atoms with Crippen molar-refractivity contribution in [3.63, 3.8) is 0 Å². The molecule has 14 heavy (non-hydrogen) atoms. The fraction of sp³-hybridized carbons (Fsp3) is 0.429. The Balaban J connectivity index is 2.32. The molecule has 0 bridgehead atoms. The molecule has 0 aliphatic rings. The molecule has 0 heterocycles. The van der Waals surface area contributed by atoms with Gasteiger partial charge in [0.2, 0.25) is 0 Å². The van der Waals surface area contributed by atoms with Gasteiger partial charge in [-0.15, -0.1) is 0 Å². The van der Waals surface area contributed by atoms with Crippen LogP contribution in [0.25, 0.3) is 0 Å². The molecule has 0 aliphatic carbocycles. The second-order valence-electron chi connectivity index (χ2n) is 3.68. The Morgan fingerprint density at radius 3 is 2.36 bits per heavy atom. The average Bonchev–Trinajstić information content (AvgIpc) is 2.25. The van der Waals surface area contributed by atoms with Crippen molar-refractivity contribution in [3.05, 3.63) is 48.0 Å². The number of hydrogen-bond donors (Lipinski definition) is 0. The van der Waals surface area contributed by atoms with Crippen LogP contribution < -0.4 is 0 Å². The van der Waals surface area contributed by atoms with E-state index in [1.807, 2.05) is 0 Å². The van der Waals surface area contributed by atoms with Gasteiger partial charge in [0.15, 0.2) is 0 Å². The minimum atomic E-state index is 1.09. The first-order valence-electron chi connectivity index (χ1n) is 5.49. The molecule has 0 nitrogen and oxygen atoms in total. The maximum Gasteiger partial charge on any atom is -0.0183 e. The van der Waals surface area contributed by atoms with E-state index < -0.39 is 0 Å². The standard InChI is InChI=1S/C14H19/c1-3-5-6-7-8-14-11-9-13(4-2)10-12-14/h9-12H,2-3,5-8H2,1H3. The van der Waals surface area contributed by atoms with Gasteiger partial charge < -0.3 is 0 Å². The van der Waals surface area contributed by atoms with Gasteiger partial charge in [-0.2, -0.15) is 0 Å². The number of aryl methyl sites for hydroxylation is 1. The summed E-state index contributed by atoms with van der Waals surface area (Å²) in [7, 11) is 0. The van der Waals surface area contributed by atoms with E-state index in [4.69, 9.17) is 0 Å². The Kier molecular flexibility index (Phi) is 5.06.